The van der Waals surface area contributed by atoms with Crippen LogP contribution < -0.4 is 10.6 Å². The largest absolute Gasteiger partial charge is 0.351 e. The summed E-state index contributed by atoms with van der Waals surface area (Å²) in [5.41, 5.74) is 2.66. The van der Waals surface area contributed by atoms with Gasteiger partial charge in [0.2, 0.25) is 0 Å². The topological polar surface area (TPSA) is 69.8 Å². The van der Waals surface area contributed by atoms with Gasteiger partial charge in [-0.05, 0) is 6.42 Å². The van der Waals surface area contributed by atoms with Crippen molar-refractivity contribution in [3.8, 4) is 0 Å². The van der Waals surface area contributed by atoms with Crippen LogP contribution in [0.2, 0.25) is 0 Å². The lowest BCUT2D eigenvalue weighted by molar-refractivity contribution is 0.0947. The molecule has 3 N–H and O–H groups in total. The molecule has 1 aromatic heterocycles. The zero-order chi connectivity index (χ0) is 10.7. The summed E-state index contributed by atoms with van der Waals surface area (Å²) < 4.78 is 0. The number of carbonyl (C=O) groups excluding carboxylic acids is 1. The van der Waals surface area contributed by atoms with Crippen LogP contribution in [0.3, 0.4) is 0 Å². The Morgan fingerprint density at radius 3 is 3.27 bits per heavy atom. The van der Waals surface area contributed by atoms with Crippen LogP contribution in [0.1, 0.15) is 35.1 Å². The number of nitrogens with zero attached hydrogens (tertiary/aromatic N) is 1. The summed E-state index contributed by atoms with van der Waals surface area (Å²) in [5, 5.41) is 13.1. The van der Waals surface area contributed by atoms with Crippen LogP contribution in [0.5, 0.6) is 0 Å². The number of H-pyrrole nitrogens is 1. The normalized spacial score (nSPS) is 14.7. The second kappa shape index (κ2) is 4.44. The first-order valence-electron chi connectivity index (χ1n) is 5.38. The fourth-order valence-electron chi connectivity index (χ4n) is 1.74. The highest BCUT2D eigenvalue weighted by Gasteiger charge is 2.20. The maximum atomic E-state index is 11.7. The Morgan fingerprint density at radius 2 is 2.47 bits per heavy atom. The molecule has 0 spiro atoms. The zero-order valence-corrected chi connectivity index (χ0v) is 8.89. The van der Waals surface area contributed by atoms with Gasteiger partial charge in [-0.25, -0.2) is 0 Å². The van der Waals surface area contributed by atoms with Gasteiger partial charge in [-0.1, -0.05) is 6.92 Å². The predicted molar refractivity (Wildman–Crippen MR) is 56.6 cm³/mol. The number of amides is 1. The van der Waals surface area contributed by atoms with E-state index in [0.29, 0.717) is 12.2 Å². The molecule has 0 saturated carbocycles. The van der Waals surface area contributed by atoms with Gasteiger partial charge in [-0.15, -0.1) is 0 Å². The van der Waals surface area contributed by atoms with Crippen LogP contribution in [0.25, 0.3) is 0 Å². The number of hydrogen-bond donors (Lipinski definition) is 3. The van der Waals surface area contributed by atoms with E-state index in [9.17, 15) is 4.79 Å². The number of carbonyl (C=O) groups is 1. The van der Waals surface area contributed by atoms with Gasteiger partial charge in [0.05, 0.1) is 0 Å². The first kappa shape index (κ1) is 10.2. The lowest BCUT2D eigenvalue weighted by Gasteiger charge is -2.12. The molecule has 1 amide bonds. The SMILES string of the molecule is CCCNC(=O)c1n[nH]c2c1CNCC2. The molecule has 0 unspecified atom stereocenters. The van der Waals surface area contributed by atoms with Crippen molar-refractivity contribution in [2.24, 2.45) is 0 Å². The third kappa shape index (κ3) is 2.02. The Morgan fingerprint density at radius 1 is 1.60 bits per heavy atom. The van der Waals surface area contributed by atoms with E-state index in [4.69, 9.17) is 0 Å². The lowest BCUT2D eigenvalue weighted by Crippen LogP contribution is -2.28. The number of nitrogens with one attached hydrogen (secondary N) is 3. The summed E-state index contributed by atoms with van der Waals surface area (Å²) in [4.78, 5) is 11.7. The molecule has 0 aliphatic carbocycles. The molecular weight excluding hydrogens is 192 g/mol. The number of hydrogen-bond acceptors (Lipinski definition) is 3. The van der Waals surface area contributed by atoms with Crippen molar-refractivity contribution in [3.05, 3.63) is 17.0 Å². The fraction of sp³-hybridized carbons (Fsp3) is 0.600. The van der Waals surface area contributed by atoms with Crippen LogP contribution in [-0.4, -0.2) is 29.2 Å². The highest BCUT2D eigenvalue weighted by atomic mass is 16.1. The highest BCUT2D eigenvalue weighted by Crippen LogP contribution is 2.14. The van der Waals surface area contributed by atoms with Gasteiger partial charge >= 0.3 is 0 Å². The van der Waals surface area contributed by atoms with E-state index >= 15 is 0 Å². The van der Waals surface area contributed by atoms with E-state index in [-0.39, 0.29) is 5.91 Å². The molecule has 5 heteroatoms. The minimum Gasteiger partial charge on any atom is -0.351 e. The van der Waals surface area contributed by atoms with Gasteiger partial charge in [-0.2, -0.15) is 5.10 Å². The lowest BCUT2D eigenvalue weighted by atomic mass is 10.1. The van der Waals surface area contributed by atoms with Gasteiger partial charge in [0.25, 0.3) is 5.91 Å². The second-order valence-corrected chi connectivity index (χ2v) is 3.71. The van der Waals surface area contributed by atoms with E-state index in [0.717, 1.165) is 37.2 Å². The van der Waals surface area contributed by atoms with E-state index in [1.165, 1.54) is 0 Å². The minimum atomic E-state index is -0.0712. The summed E-state index contributed by atoms with van der Waals surface area (Å²) in [6, 6.07) is 0. The molecular formula is C10H16N4O. The summed E-state index contributed by atoms with van der Waals surface area (Å²) in [6.07, 6.45) is 1.86. The summed E-state index contributed by atoms with van der Waals surface area (Å²) in [5.74, 6) is -0.0712. The third-order valence-electron chi connectivity index (χ3n) is 2.56. The second-order valence-electron chi connectivity index (χ2n) is 3.71. The summed E-state index contributed by atoms with van der Waals surface area (Å²) in [7, 11) is 0. The molecule has 0 saturated heterocycles. The average molecular weight is 208 g/mol. The molecule has 0 aromatic carbocycles. The molecule has 1 aromatic rings. The summed E-state index contributed by atoms with van der Waals surface area (Å²) >= 11 is 0. The number of fused-ring (bicyclic) bond motifs is 1. The first-order valence-corrected chi connectivity index (χ1v) is 5.38. The number of aromatic amines is 1. The molecule has 0 atom stereocenters. The molecule has 2 heterocycles. The Bertz CT molecular complexity index is 358. The van der Waals surface area contributed by atoms with Gasteiger partial charge in [-0.3, -0.25) is 9.89 Å². The van der Waals surface area contributed by atoms with E-state index in [2.05, 4.69) is 20.8 Å². The molecule has 2 rings (SSSR count). The molecule has 0 bridgehead atoms. The van der Waals surface area contributed by atoms with E-state index in [1.54, 1.807) is 0 Å². The van der Waals surface area contributed by atoms with E-state index in [1.807, 2.05) is 6.92 Å². The van der Waals surface area contributed by atoms with Crippen LogP contribution in [0.4, 0.5) is 0 Å². The average Bonchev–Trinajstić information content (AvgIpc) is 2.69. The van der Waals surface area contributed by atoms with Gasteiger partial charge in [0, 0.05) is 37.3 Å². The van der Waals surface area contributed by atoms with Crippen molar-refractivity contribution in [2.75, 3.05) is 13.1 Å². The number of aromatic nitrogens is 2. The monoisotopic (exact) mass is 208 g/mol. The first-order chi connectivity index (χ1) is 7.33. The zero-order valence-electron chi connectivity index (χ0n) is 8.89. The predicted octanol–water partition coefficient (Wildman–Crippen LogP) is 0.195. The maximum Gasteiger partial charge on any atom is 0.272 e. The van der Waals surface area contributed by atoms with Crippen LogP contribution in [0.15, 0.2) is 0 Å². The van der Waals surface area contributed by atoms with Gasteiger partial charge in [0.15, 0.2) is 5.69 Å². The van der Waals surface area contributed by atoms with Crippen molar-refractivity contribution in [1.82, 2.24) is 20.8 Å². The van der Waals surface area contributed by atoms with Crippen molar-refractivity contribution < 1.29 is 4.79 Å². The number of rotatable bonds is 3. The Balaban J connectivity index is 2.14. The third-order valence-corrected chi connectivity index (χ3v) is 2.56. The minimum absolute atomic E-state index is 0.0712. The van der Waals surface area contributed by atoms with Crippen molar-refractivity contribution >= 4 is 5.91 Å². The van der Waals surface area contributed by atoms with Gasteiger partial charge in [0.1, 0.15) is 0 Å². The maximum absolute atomic E-state index is 11.7. The Labute approximate surface area is 88.6 Å². The van der Waals surface area contributed by atoms with E-state index < -0.39 is 0 Å². The summed E-state index contributed by atoms with van der Waals surface area (Å²) in [6.45, 7) is 4.42. The molecule has 82 valence electrons. The smallest absolute Gasteiger partial charge is 0.272 e. The highest BCUT2D eigenvalue weighted by molar-refractivity contribution is 5.93. The van der Waals surface area contributed by atoms with Crippen molar-refractivity contribution in [3.63, 3.8) is 0 Å². The quantitative estimate of drug-likeness (QED) is 0.664. The van der Waals surface area contributed by atoms with Crippen molar-refractivity contribution in [2.45, 2.75) is 26.3 Å². The molecule has 15 heavy (non-hydrogen) atoms. The fourth-order valence-corrected chi connectivity index (χ4v) is 1.74. The van der Waals surface area contributed by atoms with Gasteiger partial charge < -0.3 is 10.6 Å². The molecule has 0 fully saturated rings. The molecule has 5 nitrogen and oxygen atoms in total. The Hall–Kier alpha value is -1.36. The van der Waals surface area contributed by atoms with Crippen LogP contribution in [0, 0.1) is 0 Å². The van der Waals surface area contributed by atoms with Crippen molar-refractivity contribution in [1.29, 1.82) is 0 Å². The Kier molecular flexibility index (Phi) is 3.01. The molecule has 1 aliphatic rings. The van der Waals surface area contributed by atoms with Crippen LogP contribution >= 0.6 is 0 Å². The molecule has 0 radical (unpaired) electrons. The standard InChI is InChI=1S/C10H16N4O/c1-2-4-12-10(15)9-7-6-11-5-3-8(7)13-14-9/h11H,2-6H2,1H3,(H,12,15)(H,13,14). The molecule has 1 aliphatic heterocycles. The van der Waals surface area contributed by atoms with Crippen LogP contribution in [-0.2, 0) is 13.0 Å².